The smallest absolute Gasteiger partial charge is 0.345 e. The minimum atomic E-state index is -0.435. The van der Waals surface area contributed by atoms with Crippen LogP contribution in [0, 0.1) is 3.57 Å². The second-order valence-corrected chi connectivity index (χ2v) is 4.04. The minimum Gasteiger partial charge on any atom is -0.496 e. The van der Waals surface area contributed by atoms with Gasteiger partial charge in [0.2, 0.25) is 0 Å². The van der Waals surface area contributed by atoms with Crippen LogP contribution in [0.15, 0.2) is 12.1 Å². The van der Waals surface area contributed by atoms with Gasteiger partial charge in [-0.25, -0.2) is 4.79 Å². The maximum atomic E-state index is 11.8. The van der Waals surface area contributed by atoms with Crippen molar-refractivity contribution >= 4 is 28.6 Å². The molecule has 1 rings (SSSR count). The van der Waals surface area contributed by atoms with Crippen LogP contribution in [0.3, 0.4) is 0 Å². The van der Waals surface area contributed by atoms with Gasteiger partial charge >= 0.3 is 5.97 Å². The van der Waals surface area contributed by atoms with Gasteiger partial charge in [-0.3, -0.25) is 0 Å². The van der Waals surface area contributed by atoms with E-state index in [0.717, 1.165) is 3.57 Å². The maximum Gasteiger partial charge on any atom is 0.345 e. The Balaban J connectivity index is 3.30. The van der Waals surface area contributed by atoms with Crippen LogP contribution in [0.5, 0.6) is 11.5 Å². The lowest BCUT2D eigenvalue weighted by Crippen LogP contribution is -2.09. The van der Waals surface area contributed by atoms with Crippen molar-refractivity contribution in [3.05, 3.63) is 21.3 Å². The topological polar surface area (TPSA) is 44.8 Å². The van der Waals surface area contributed by atoms with Gasteiger partial charge in [0.15, 0.2) is 5.75 Å². The highest BCUT2D eigenvalue weighted by Crippen LogP contribution is 2.33. The number of hydrogen-bond donors (Lipinski definition) is 0. The number of carbonyl (C=O) groups excluding carboxylic acids is 1. The van der Waals surface area contributed by atoms with Gasteiger partial charge in [-0.1, -0.05) is 0 Å². The van der Waals surface area contributed by atoms with Gasteiger partial charge in [0.25, 0.3) is 0 Å². The van der Waals surface area contributed by atoms with Crippen molar-refractivity contribution in [2.45, 2.75) is 6.92 Å². The molecule has 0 fully saturated rings. The third-order valence-electron chi connectivity index (χ3n) is 1.98. The monoisotopic (exact) mass is 336 g/mol. The second kappa shape index (κ2) is 5.93. The molecular formula is C11H13IO4. The lowest BCUT2D eigenvalue weighted by Gasteiger charge is -2.13. The Hall–Kier alpha value is -0.980. The lowest BCUT2D eigenvalue weighted by molar-refractivity contribution is 0.0518. The highest BCUT2D eigenvalue weighted by molar-refractivity contribution is 14.1. The van der Waals surface area contributed by atoms with Gasteiger partial charge in [-0.15, -0.1) is 0 Å². The highest BCUT2D eigenvalue weighted by atomic mass is 127. The molecule has 0 unspecified atom stereocenters. The molecule has 0 spiro atoms. The number of methoxy groups -OCH3 is 2. The fraction of sp³-hybridized carbons (Fsp3) is 0.364. The van der Waals surface area contributed by atoms with Crippen LogP contribution in [0.2, 0.25) is 0 Å². The van der Waals surface area contributed by atoms with Gasteiger partial charge in [-0.2, -0.15) is 0 Å². The number of carbonyl (C=O) groups is 1. The summed E-state index contributed by atoms with van der Waals surface area (Å²) < 4.78 is 16.1. The standard InChI is InChI=1S/C11H13IO4/c1-4-16-11(13)9-8(14-2)6-5-7(12)10(9)15-3/h5-6H,4H2,1-3H3. The summed E-state index contributed by atoms with van der Waals surface area (Å²) in [6.07, 6.45) is 0. The van der Waals surface area contributed by atoms with E-state index in [1.54, 1.807) is 13.0 Å². The van der Waals surface area contributed by atoms with E-state index >= 15 is 0 Å². The minimum absolute atomic E-state index is 0.316. The van der Waals surface area contributed by atoms with Gasteiger partial charge in [0.05, 0.1) is 24.4 Å². The molecule has 1 aromatic rings. The summed E-state index contributed by atoms with van der Waals surface area (Å²) in [6, 6.07) is 3.54. The molecule has 1 aromatic carbocycles. The maximum absolute atomic E-state index is 11.8. The molecule has 88 valence electrons. The summed E-state index contributed by atoms with van der Waals surface area (Å²) in [6.45, 7) is 2.07. The summed E-state index contributed by atoms with van der Waals surface area (Å²) in [4.78, 5) is 11.8. The summed E-state index contributed by atoms with van der Waals surface area (Å²) >= 11 is 2.09. The lowest BCUT2D eigenvalue weighted by atomic mass is 10.2. The van der Waals surface area contributed by atoms with Crippen molar-refractivity contribution in [2.75, 3.05) is 20.8 Å². The zero-order chi connectivity index (χ0) is 12.1. The third kappa shape index (κ3) is 2.58. The molecular weight excluding hydrogens is 323 g/mol. The van der Waals surface area contributed by atoms with Crippen molar-refractivity contribution in [1.82, 2.24) is 0 Å². The normalized spacial score (nSPS) is 9.75. The fourth-order valence-corrected chi connectivity index (χ4v) is 1.98. The molecule has 4 nitrogen and oxygen atoms in total. The molecule has 0 saturated carbocycles. The molecule has 0 aliphatic carbocycles. The van der Waals surface area contributed by atoms with E-state index < -0.39 is 5.97 Å². The van der Waals surface area contributed by atoms with Crippen molar-refractivity contribution in [2.24, 2.45) is 0 Å². The predicted molar refractivity (Wildman–Crippen MR) is 68.2 cm³/mol. The van der Waals surface area contributed by atoms with Crippen LogP contribution in [-0.2, 0) is 4.74 Å². The van der Waals surface area contributed by atoms with E-state index in [1.165, 1.54) is 14.2 Å². The number of ether oxygens (including phenoxy) is 3. The molecule has 0 aliphatic rings. The van der Waals surface area contributed by atoms with Gasteiger partial charge in [0.1, 0.15) is 11.3 Å². The Morgan fingerprint density at radius 3 is 2.50 bits per heavy atom. The summed E-state index contributed by atoms with van der Waals surface area (Å²) in [5, 5.41) is 0. The van der Waals surface area contributed by atoms with E-state index in [2.05, 4.69) is 22.6 Å². The Morgan fingerprint density at radius 2 is 2.00 bits per heavy atom. The van der Waals surface area contributed by atoms with Crippen molar-refractivity contribution in [1.29, 1.82) is 0 Å². The Kier molecular flexibility index (Phi) is 4.85. The van der Waals surface area contributed by atoms with Crippen LogP contribution < -0.4 is 9.47 Å². The predicted octanol–water partition coefficient (Wildman–Crippen LogP) is 2.49. The fourth-order valence-electron chi connectivity index (χ4n) is 1.31. The first-order valence-corrected chi connectivity index (χ1v) is 5.81. The first-order chi connectivity index (χ1) is 7.65. The van der Waals surface area contributed by atoms with Crippen LogP contribution >= 0.6 is 22.6 Å². The number of benzene rings is 1. The van der Waals surface area contributed by atoms with Gasteiger partial charge < -0.3 is 14.2 Å². The van der Waals surface area contributed by atoms with E-state index in [0.29, 0.717) is 23.7 Å². The molecule has 0 aromatic heterocycles. The molecule has 0 amide bonds. The molecule has 0 aliphatic heterocycles. The summed E-state index contributed by atoms with van der Waals surface area (Å²) in [5.74, 6) is 0.504. The van der Waals surface area contributed by atoms with Crippen molar-refractivity contribution in [3.8, 4) is 11.5 Å². The molecule has 0 N–H and O–H groups in total. The van der Waals surface area contributed by atoms with E-state index in [-0.39, 0.29) is 0 Å². The molecule has 5 heteroatoms. The zero-order valence-corrected chi connectivity index (χ0v) is 11.5. The van der Waals surface area contributed by atoms with Crippen LogP contribution in [0.4, 0.5) is 0 Å². The highest BCUT2D eigenvalue weighted by Gasteiger charge is 2.21. The Labute approximate surface area is 108 Å². The second-order valence-electron chi connectivity index (χ2n) is 2.88. The van der Waals surface area contributed by atoms with Gasteiger partial charge in [-0.05, 0) is 41.6 Å². The van der Waals surface area contributed by atoms with Gasteiger partial charge in [0, 0.05) is 0 Å². The average molecular weight is 336 g/mol. The van der Waals surface area contributed by atoms with E-state index in [9.17, 15) is 4.79 Å². The Bertz CT molecular complexity index is 390. The SMILES string of the molecule is CCOC(=O)c1c(OC)ccc(I)c1OC. The number of esters is 1. The Morgan fingerprint density at radius 1 is 1.31 bits per heavy atom. The van der Waals surface area contributed by atoms with Crippen molar-refractivity contribution in [3.63, 3.8) is 0 Å². The molecule has 0 bridgehead atoms. The zero-order valence-electron chi connectivity index (χ0n) is 9.37. The average Bonchev–Trinajstić information content (AvgIpc) is 2.28. The molecule has 0 radical (unpaired) electrons. The van der Waals surface area contributed by atoms with Crippen LogP contribution in [0.25, 0.3) is 0 Å². The first-order valence-electron chi connectivity index (χ1n) is 4.73. The summed E-state index contributed by atoms with van der Waals surface area (Å²) in [7, 11) is 3.02. The third-order valence-corrected chi connectivity index (χ3v) is 2.82. The largest absolute Gasteiger partial charge is 0.496 e. The molecule has 0 atom stereocenters. The van der Waals surface area contributed by atoms with Crippen LogP contribution in [0.1, 0.15) is 17.3 Å². The van der Waals surface area contributed by atoms with E-state index in [4.69, 9.17) is 14.2 Å². The molecule has 16 heavy (non-hydrogen) atoms. The number of halogens is 1. The summed E-state index contributed by atoms with van der Waals surface area (Å²) in [5.41, 5.74) is 0.332. The molecule has 0 saturated heterocycles. The van der Waals surface area contributed by atoms with Crippen LogP contribution in [-0.4, -0.2) is 26.8 Å². The first kappa shape index (κ1) is 13.1. The number of rotatable bonds is 4. The van der Waals surface area contributed by atoms with E-state index in [1.807, 2.05) is 6.07 Å². The van der Waals surface area contributed by atoms with Crippen molar-refractivity contribution < 1.29 is 19.0 Å². The number of hydrogen-bond acceptors (Lipinski definition) is 4. The quantitative estimate of drug-likeness (QED) is 0.626. The molecule has 0 heterocycles.